The number of nitrogens with one attached hydrogen (secondary N) is 1. The summed E-state index contributed by atoms with van der Waals surface area (Å²) in [6.07, 6.45) is 1.86. The SMILES string of the molecule is Cc1ccc(-n2nc3c(c2NC(=O)c2c(C)nc4ccccn24)CSC3)cc1. The Hall–Kier alpha value is -3.06. The zero-order valence-corrected chi connectivity index (χ0v) is 16.5. The Bertz CT molecular complexity index is 1210. The Balaban J connectivity index is 1.59. The van der Waals surface area contributed by atoms with E-state index in [2.05, 4.69) is 29.4 Å². The van der Waals surface area contributed by atoms with Crippen LogP contribution in [-0.2, 0) is 11.5 Å². The molecular weight excluding hydrogens is 370 g/mol. The molecule has 4 heterocycles. The van der Waals surface area contributed by atoms with Gasteiger partial charge < -0.3 is 5.32 Å². The van der Waals surface area contributed by atoms with Crippen molar-refractivity contribution < 1.29 is 4.79 Å². The summed E-state index contributed by atoms with van der Waals surface area (Å²) in [6, 6.07) is 13.9. The molecule has 1 aromatic carbocycles. The number of hydrogen-bond donors (Lipinski definition) is 1. The van der Waals surface area contributed by atoms with Crippen LogP contribution in [-0.4, -0.2) is 25.1 Å². The molecule has 0 radical (unpaired) electrons. The van der Waals surface area contributed by atoms with E-state index in [9.17, 15) is 4.79 Å². The fourth-order valence-corrected chi connectivity index (χ4v) is 4.60. The Morgan fingerprint density at radius 2 is 1.93 bits per heavy atom. The number of amides is 1. The van der Waals surface area contributed by atoms with Gasteiger partial charge in [0.1, 0.15) is 17.2 Å². The molecule has 0 atom stereocenters. The van der Waals surface area contributed by atoms with E-state index in [-0.39, 0.29) is 5.91 Å². The fourth-order valence-electron chi connectivity index (χ4n) is 3.57. The first kappa shape index (κ1) is 17.1. The highest BCUT2D eigenvalue weighted by atomic mass is 32.2. The lowest BCUT2D eigenvalue weighted by Gasteiger charge is -2.11. The summed E-state index contributed by atoms with van der Waals surface area (Å²) >= 11 is 1.82. The maximum absolute atomic E-state index is 13.2. The second kappa shape index (κ2) is 6.53. The van der Waals surface area contributed by atoms with Crippen molar-refractivity contribution in [2.24, 2.45) is 0 Å². The quantitative estimate of drug-likeness (QED) is 0.572. The number of benzene rings is 1. The van der Waals surface area contributed by atoms with Gasteiger partial charge in [-0.05, 0) is 38.1 Å². The molecule has 6 nitrogen and oxygen atoms in total. The van der Waals surface area contributed by atoms with E-state index in [1.54, 1.807) is 0 Å². The Morgan fingerprint density at radius 1 is 1.11 bits per heavy atom. The zero-order chi connectivity index (χ0) is 19.3. The van der Waals surface area contributed by atoms with Crippen molar-refractivity contribution in [1.82, 2.24) is 19.2 Å². The molecule has 0 bridgehead atoms. The molecule has 0 aliphatic carbocycles. The summed E-state index contributed by atoms with van der Waals surface area (Å²) in [5.74, 6) is 2.29. The van der Waals surface area contributed by atoms with Gasteiger partial charge in [-0.15, -0.1) is 0 Å². The summed E-state index contributed by atoms with van der Waals surface area (Å²) in [4.78, 5) is 17.7. The van der Waals surface area contributed by atoms with Crippen molar-refractivity contribution in [2.75, 3.05) is 5.32 Å². The summed E-state index contributed by atoms with van der Waals surface area (Å²) in [5.41, 5.74) is 6.28. The minimum atomic E-state index is -0.177. The van der Waals surface area contributed by atoms with Crippen LogP contribution in [0.2, 0.25) is 0 Å². The third-order valence-corrected chi connectivity index (χ3v) is 5.95. The molecule has 1 N–H and O–H groups in total. The highest BCUT2D eigenvalue weighted by Gasteiger charge is 2.26. The molecule has 4 aromatic rings. The Morgan fingerprint density at radius 3 is 2.75 bits per heavy atom. The number of carbonyl (C=O) groups is 1. The molecule has 1 aliphatic rings. The highest BCUT2D eigenvalue weighted by molar-refractivity contribution is 7.98. The molecule has 0 spiro atoms. The highest BCUT2D eigenvalue weighted by Crippen LogP contribution is 2.36. The van der Waals surface area contributed by atoms with Crippen LogP contribution in [0.15, 0.2) is 48.7 Å². The Kier molecular flexibility index (Phi) is 3.98. The normalized spacial score (nSPS) is 13.1. The average Bonchev–Trinajstić information content (AvgIpc) is 3.35. The van der Waals surface area contributed by atoms with Gasteiger partial charge in [0.25, 0.3) is 5.91 Å². The molecule has 140 valence electrons. The number of nitrogens with zero attached hydrogens (tertiary/aromatic N) is 4. The number of anilines is 1. The predicted octanol–water partition coefficient (Wildman–Crippen LogP) is 4.14. The van der Waals surface area contributed by atoms with Crippen LogP contribution < -0.4 is 5.32 Å². The van der Waals surface area contributed by atoms with Gasteiger partial charge in [0.15, 0.2) is 0 Å². The van der Waals surface area contributed by atoms with Crippen molar-refractivity contribution in [3.05, 3.63) is 76.9 Å². The monoisotopic (exact) mass is 389 g/mol. The van der Waals surface area contributed by atoms with Crippen molar-refractivity contribution >= 4 is 29.1 Å². The smallest absolute Gasteiger partial charge is 0.275 e. The van der Waals surface area contributed by atoms with Crippen LogP contribution >= 0.6 is 11.8 Å². The van der Waals surface area contributed by atoms with E-state index in [0.717, 1.165) is 39.9 Å². The third-order valence-electron chi connectivity index (χ3n) is 4.98. The molecule has 5 rings (SSSR count). The van der Waals surface area contributed by atoms with Crippen LogP contribution in [0.25, 0.3) is 11.3 Å². The van der Waals surface area contributed by atoms with Crippen LogP contribution in [0, 0.1) is 13.8 Å². The van der Waals surface area contributed by atoms with Crippen LogP contribution in [0.3, 0.4) is 0 Å². The second-order valence-electron chi connectivity index (χ2n) is 6.94. The van der Waals surface area contributed by atoms with E-state index in [1.807, 2.05) is 64.3 Å². The summed E-state index contributed by atoms with van der Waals surface area (Å²) in [7, 11) is 0. The van der Waals surface area contributed by atoms with Gasteiger partial charge in [0.05, 0.1) is 17.1 Å². The van der Waals surface area contributed by atoms with E-state index in [4.69, 9.17) is 5.10 Å². The first-order valence-electron chi connectivity index (χ1n) is 9.12. The van der Waals surface area contributed by atoms with Crippen molar-refractivity contribution in [3.63, 3.8) is 0 Å². The molecule has 1 amide bonds. The lowest BCUT2D eigenvalue weighted by atomic mass is 10.2. The lowest BCUT2D eigenvalue weighted by molar-refractivity contribution is 0.102. The Labute approximate surface area is 166 Å². The van der Waals surface area contributed by atoms with E-state index < -0.39 is 0 Å². The topological polar surface area (TPSA) is 64.2 Å². The first-order chi connectivity index (χ1) is 13.6. The van der Waals surface area contributed by atoms with Gasteiger partial charge >= 0.3 is 0 Å². The molecule has 0 saturated heterocycles. The number of thioether (sulfide) groups is 1. The second-order valence-corrected chi connectivity index (χ2v) is 7.93. The maximum Gasteiger partial charge on any atom is 0.275 e. The molecule has 3 aromatic heterocycles. The number of carbonyl (C=O) groups excluding carboxylic acids is 1. The number of rotatable bonds is 3. The summed E-state index contributed by atoms with van der Waals surface area (Å²) in [5, 5.41) is 7.90. The van der Waals surface area contributed by atoms with Crippen molar-refractivity contribution in [3.8, 4) is 5.69 Å². The van der Waals surface area contributed by atoms with Gasteiger partial charge in [-0.2, -0.15) is 16.9 Å². The standard InChI is InChI=1S/C21H19N5OS/c1-13-6-8-15(9-7-13)26-20(16-11-28-12-17(16)24-26)23-21(27)19-14(2)22-18-5-3-4-10-25(18)19/h3-10H,11-12H2,1-2H3,(H,23,27). The third kappa shape index (κ3) is 2.70. The molecule has 0 unspecified atom stereocenters. The molecule has 0 fully saturated rings. The van der Waals surface area contributed by atoms with Crippen molar-refractivity contribution in [2.45, 2.75) is 25.4 Å². The van der Waals surface area contributed by atoms with E-state index in [1.165, 1.54) is 5.56 Å². The average molecular weight is 389 g/mol. The van der Waals surface area contributed by atoms with E-state index in [0.29, 0.717) is 11.4 Å². The molecule has 1 aliphatic heterocycles. The maximum atomic E-state index is 13.2. The van der Waals surface area contributed by atoms with Crippen LogP contribution in [0.4, 0.5) is 5.82 Å². The van der Waals surface area contributed by atoms with E-state index >= 15 is 0 Å². The summed E-state index contributed by atoms with van der Waals surface area (Å²) < 4.78 is 3.67. The van der Waals surface area contributed by atoms with Gasteiger partial charge in [0, 0.05) is 23.3 Å². The number of aryl methyl sites for hydroxylation is 2. The predicted molar refractivity (Wildman–Crippen MR) is 111 cm³/mol. The number of aromatic nitrogens is 4. The number of hydrogen-bond acceptors (Lipinski definition) is 4. The van der Waals surface area contributed by atoms with Gasteiger partial charge in [-0.1, -0.05) is 23.8 Å². The van der Waals surface area contributed by atoms with Crippen LogP contribution in [0.1, 0.15) is 33.0 Å². The van der Waals surface area contributed by atoms with Gasteiger partial charge in [-0.3, -0.25) is 9.20 Å². The van der Waals surface area contributed by atoms with Crippen LogP contribution in [0.5, 0.6) is 0 Å². The largest absolute Gasteiger partial charge is 0.305 e. The zero-order valence-electron chi connectivity index (χ0n) is 15.6. The number of pyridine rings is 1. The molecule has 7 heteroatoms. The fraction of sp³-hybridized carbons (Fsp3) is 0.190. The van der Waals surface area contributed by atoms with Gasteiger partial charge in [-0.25, -0.2) is 9.67 Å². The summed E-state index contributed by atoms with van der Waals surface area (Å²) in [6.45, 7) is 3.92. The lowest BCUT2D eigenvalue weighted by Crippen LogP contribution is -2.19. The first-order valence-corrected chi connectivity index (χ1v) is 10.3. The minimum absolute atomic E-state index is 0.177. The molecular formula is C21H19N5OS. The number of imidazole rings is 1. The number of fused-ring (bicyclic) bond motifs is 2. The minimum Gasteiger partial charge on any atom is -0.305 e. The molecule has 0 saturated carbocycles. The van der Waals surface area contributed by atoms with Crippen molar-refractivity contribution in [1.29, 1.82) is 0 Å². The molecule has 28 heavy (non-hydrogen) atoms. The van der Waals surface area contributed by atoms with Gasteiger partial charge in [0.2, 0.25) is 0 Å².